The summed E-state index contributed by atoms with van der Waals surface area (Å²) in [5.41, 5.74) is 2.39. The zero-order valence-electron chi connectivity index (χ0n) is 15.8. The van der Waals surface area contributed by atoms with Crippen LogP contribution in [0.15, 0.2) is 60.7 Å². The number of rotatable bonds is 6. The summed E-state index contributed by atoms with van der Waals surface area (Å²) in [4.78, 5) is 13.5. The van der Waals surface area contributed by atoms with E-state index in [0.717, 1.165) is 37.7 Å². The topological polar surface area (TPSA) is 26.3 Å². The molecule has 3 rings (SSSR count). The number of hydrogen-bond donors (Lipinski definition) is 0. The van der Waals surface area contributed by atoms with Crippen molar-refractivity contribution in [3.8, 4) is 0 Å². The maximum atomic E-state index is 13.5. The molecule has 138 valence electrons. The Morgan fingerprint density at radius 3 is 2.27 bits per heavy atom. The van der Waals surface area contributed by atoms with Crippen molar-refractivity contribution in [1.29, 1.82) is 0 Å². The van der Waals surface area contributed by atoms with Crippen LogP contribution in [0.25, 0.3) is 0 Å². The van der Waals surface area contributed by atoms with E-state index in [1.165, 1.54) is 12.0 Å². The summed E-state index contributed by atoms with van der Waals surface area (Å²) in [6.45, 7) is 2.65. The SMILES string of the molecule is CCOC(c1ccccc1)C1CCCCCC(Cc2ccccc2)C1=O. The fraction of sp³-hybridized carbons (Fsp3) is 0.458. The minimum Gasteiger partial charge on any atom is -0.373 e. The minimum absolute atomic E-state index is 0.0358. The van der Waals surface area contributed by atoms with Crippen LogP contribution in [0.1, 0.15) is 56.3 Å². The van der Waals surface area contributed by atoms with Crippen LogP contribution in [-0.4, -0.2) is 12.4 Å². The van der Waals surface area contributed by atoms with Crippen molar-refractivity contribution >= 4 is 5.78 Å². The van der Waals surface area contributed by atoms with Crippen LogP contribution in [0.5, 0.6) is 0 Å². The largest absolute Gasteiger partial charge is 0.373 e. The van der Waals surface area contributed by atoms with E-state index < -0.39 is 0 Å². The Morgan fingerprint density at radius 2 is 1.58 bits per heavy atom. The van der Waals surface area contributed by atoms with Crippen molar-refractivity contribution in [1.82, 2.24) is 0 Å². The van der Waals surface area contributed by atoms with Crippen LogP contribution in [-0.2, 0) is 16.0 Å². The smallest absolute Gasteiger partial charge is 0.142 e. The predicted octanol–water partition coefficient (Wildman–Crippen LogP) is 5.77. The highest BCUT2D eigenvalue weighted by Gasteiger charge is 2.35. The first-order valence-corrected chi connectivity index (χ1v) is 10.0. The Labute approximate surface area is 157 Å². The third-order valence-electron chi connectivity index (χ3n) is 5.50. The maximum Gasteiger partial charge on any atom is 0.142 e. The molecule has 2 heteroatoms. The van der Waals surface area contributed by atoms with E-state index in [0.29, 0.717) is 12.4 Å². The second-order valence-electron chi connectivity index (χ2n) is 7.32. The van der Waals surface area contributed by atoms with Gasteiger partial charge in [-0.3, -0.25) is 4.79 Å². The van der Waals surface area contributed by atoms with Crippen molar-refractivity contribution in [2.24, 2.45) is 11.8 Å². The van der Waals surface area contributed by atoms with Crippen molar-refractivity contribution in [3.63, 3.8) is 0 Å². The highest BCUT2D eigenvalue weighted by atomic mass is 16.5. The lowest BCUT2D eigenvalue weighted by molar-refractivity contribution is -0.133. The quantitative estimate of drug-likeness (QED) is 0.661. The lowest BCUT2D eigenvalue weighted by Crippen LogP contribution is -2.32. The van der Waals surface area contributed by atoms with Gasteiger partial charge in [-0.25, -0.2) is 0 Å². The zero-order chi connectivity index (χ0) is 18.2. The van der Waals surface area contributed by atoms with E-state index >= 15 is 0 Å². The summed E-state index contributed by atoms with van der Waals surface area (Å²) in [5.74, 6) is 0.469. The molecule has 3 unspecified atom stereocenters. The molecule has 2 aromatic rings. The molecular weight excluding hydrogens is 320 g/mol. The van der Waals surface area contributed by atoms with Gasteiger partial charge in [-0.05, 0) is 37.3 Å². The average Bonchev–Trinajstić information content (AvgIpc) is 2.68. The van der Waals surface area contributed by atoms with Gasteiger partial charge in [0.2, 0.25) is 0 Å². The number of carbonyl (C=O) groups excluding carboxylic acids is 1. The third-order valence-corrected chi connectivity index (χ3v) is 5.50. The van der Waals surface area contributed by atoms with Crippen molar-refractivity contribution < 1.29 is 9.53 Å². The number of benzene rings is 2. The van der Waals surface area contributed by atoms with Crippen LogP contribution >= 0.6 is 0 Å². The van der Waals surface area contributed by atoms with Gasteiger partial charge >= 0.3 is 0 Å². The van der Waals surface area contributed by atoms with Crippen LogP contribution in [0.2, 0.25) is 0 Å². The first-order valence-electron chi connectivity index (χ1n) is 10.0. The van der Waals surface area contributed by atoms with Gasteiger partial charge in [0, 0.05) is 18.4 Å². The molecule has 1 aliphatic rings. The van der Waals surface area contributed by atoms with E-state index in [1.807, 2.05) is 31.2 Å². The normalized spacial score (nSPS) is 22.4. The molecule has 0 radical (unpaired) electrons. The minimum atomic E-state index is -0.120. The molecule has 0 amide bonds. The van der Waals surface area contributed by atoms with Gasteiger partial charge in [-0.1, -0.05) is 79.9 Å². The molecule has 1 saturated carbocycles. The Bertz CT molecular complexity index is 665. The molecule has 0 bridgehead atoms. The molecule has 0 aliphatic heterocycles. The van der Waals surface area contributed by atoms with Gasteiger partial charge < -0.3 is 4.74 Å². The summed E-state index contributed by atoms with van der Waals surface area (Å²) in [6.07, 6.45) is 6.14. The van der Waals surface area contributed by atoms with Crippen LogP contribution in [0, 0.1) is 11.8 Å². The standard InChI is InChI=1S/C24H30O2/c1-2-26-24(20-14-8-4-9-15-20)22-17-11-5-10-16-21(23(22)25)18-19-12-6-3-7-13-19/h3-4,6-9,12-15,21-22,24H,2,5,10-11,16-18H2,1H3. The predicted molar refractivity (Wildman–Crippen MR) is 106 cm³/mol. The number of carbonyl (C=O) groups is 1. The lowest BCUT2D eigenvalue weighted by Gasteiger charge is -2.31. The summed E-state index contributed by atoms with van der Waals surface area (Å²) in [6, 6.07) is 20.7. The van der Waals surface area contributed by atoms with E-state index in [-0.39, 0.29) is 17.9 Å². The number of hydrogen-bond acceptors (Lipinski definition) is 2. The van der Waals surface area contributed by atoms with Crippen LogP contribution in [0.3, 0.4) is 0 Å². The molecule has 2 aromatic carbocycles. The molecule has 0 saturated heterocycles. The van der Waals surface area contributed by atoms with Crippen molar-refractivity contribution in [2.75, 3.05) is 6.61 Å². The molecule has 26 heavy (non-hydrogen) atoms. The Balaban J connectivity index is 1.83. The van der Waals surface area contributed by atoms with Gasteiger partial charge in [0.1, 0.15) is 5.78 Å². The molecule has 0 aromatic heterocycles. The highest BCUT2D eigenvalue weighted by molar-refractivity contribution is 5.84. The number of ketones is 1. The third kappa shape index (κ3) is 4.82. The molecular formula is C24H30O2. The second kappa shape index (κ2) is 9.68. The lowest BCUT2D eigenvalue weighted by atomic mass is 9.76. The van der Waals surface area contributed by atoms with Crippen LogP contribution < -0.4 is 0 Å². The van der Waals surface area contributed by atoms with Crippen molar-refractivity contribution in [2.45, 2.75) is 51.6 Å². The van der Waals surface area contributed by atoms with E-state index in [1.54, 1.807) is 0 Å². The molecule has 0 N–H and O–H groups in total. The molecule has 1 aliphatic carbocycles. The summed E-state index contributed by atoms with van der Waals surface area (Å²) >= 11 is 0. The average molecular weight is 351 g/mol. The summed E-state index contributed by atoms with van der Waals surface area (Å²) in [5, 5.41) is 0. The first-order chi connectivity index (χ1) is 12.8. The van der Waals surface area contributed by atoms with E-state index in [4.69, 9.17) is 4.74 Å². The van der Waals surface area contributed by atoms with Crippen LogP contribution in [0.4, 0.5) is 0 Å². The summed E-state index contributed by atoms with van der Waals surface area (Å²) in [7, 11) is 0. The Morgan fingerprint density at radius 1 is 0.923 bits per heavy atom. The van der Waals surface area contributed by atoms with E-state index in [2.05, 4.69) is 36.4 Å². The van der Waals surface area contributed by atoms with E-state index in [9.17, 15) is 4.79 Å². The fourth-order valence-corrected chi connectivity index (χ4v) is 4.19. The fourth-order valence-electron chi connectivity index (χ4n) is 4.19. The monoisotopic (exact) mass is 350 g/mol. The van der Waals surface area contributed by atoms with Gasteiger partial charge in [0.15, 0.2) is 0 Å². The zero-order valence-corrected chi connectivity index (χ0v) is 15.8. The molecule has 2 nitrogen and oxygen atoms in total. The maximum absolute atomic E-state index is 13.5. The first kappa shape index (κ1) is 18.8. The highest BCUT2D eigenvalue weighted by Crippen LogP contribution is 2.36. The molecule has 0 heterocycles. The molecule has 0 spiro atoms. The molecule has 1 fully saturated rings. The van der Waals surface area contributed by atoms with Crippen molar-refractivity contribution in [3.05, 3.63) is 71.8 Å². The summed E-state index contributed by atoms with van der Waals surface area (Å²) < 4.78 is 6.11. The van der Waals surface area contributed by atoms with Gasteiger partial charge in [-0.15, -0.1) is 0 Å². The number of Topliss-reactive ketones (excluding diaryl/α,β-unsaturated/α-hetero) is 1. The second-order valence-corrected chi connectivity index (χ2v) is 7.32. The Kier molecular flexibility index (Phi) is 7.02. The molecule has 3 atom stereocenters. The van der Waals surface area contributed by atoms with Gasteiger partial charge in [0.05, 0.1) is 6.10 Å². The van der Waals surface area contributed by atoms with Gasteiger partial charge in [0.25, 0.3) is 0 Å². The Hall–Kier alpha value is -1.93. The van der Waals surface area contributed by atoms with Gasteiger partial charge in [-0.2, -0.15) is 0 Å². The number of ether oxygens (including phenoxy) is 1.